The molecule has 1 aromatic carbocycles. The number of carbonyl (C=O) groups excluding carboxylic acids is 1. The van der Waals surface area contributed by atoms with Gasteiger partial charge in [-0.1, -0.05) is 18.2 Å². The van der Waals surface area contributed by atoms with E-state index in [-0.39, 0.29) is 24.7 Å². The molecule has 1 amide bonds. The maximum atomic E-state index is 12.6. The van der Waals surface area contributed by atoms with Gasteiger partial charge in [-0.15, -0.1) is 0 Å². The molecule has 2 heterocycles. The molecule has 1 saturated heterocycles. The quantitative estimate of drug-likeness (QED) is 0.869. The lowest BCUT2D eigenvalue weighted by Gasteiger charge is -2.33. The van der Waals surface area contributed by atoms with E-state index in [9.17, 15) is 4.79 Å². The van der Waals surface area contributed by atoms with Crippen molar-refractivity contribution in [3.05, 3.63) is 29.8 Å². The lowest BCUT2D eigenvalue weighted by molar-refractivity contribution is -0.134. The minimum Gasteiger partial charge on any atom is -0.394 e. The molecule has 2 aliphatic heterocycles. The highest BCUT2D eigenvalue weighted by molar-refractivity contribution is 5.87. The number of aliphatic hydroxyl groups excluding tert-OH is 1. The molecule has 1 fully saturated rings. The number of carbonyl (C=O) groups is 1. The van der Waals surface area contributed by atoms with E-state index >= 15 is 0 Å². The van der Waals surface area contributed by atoms with Gasteiger partial charge in [0.15, 0.2) is 0 Å². The molecule has 114 valence electrons. The summed E-state index contributed by atoms with van der Waals surface area (Å²) >= 11 is 0. The number of nitrogens with zero attached hydrogens (tertiary/aromatic N) is 1. The first-order valence-corrected chi connectivity index (χ1v) is 7.63. The standard InChI is InChI=1S/C16H22N2O3/c19-9-10-21-13-5-7-18(8-6-13)16(20)15-11-12-3-1-2-4-14(12)17-15/h1-4,13,15,17,19H,5-11H2. The Labute approximate surface area is 124 Å². The Hall–Kier alpha value is -1.59. The summed E-state index contributed by atoms with van der Waals surface area (Å²) in [7, 11) is 0. The highest BCUT2D eigenvalue weighted by Gasteiger charge is 2.32. The van der Waals surface area contributed by atoms with Crippen molar-refractivity contribution >= 4 is 11.6 Å². The summed E-state index contributed by atoms with van der Waals surface area (Å²) in [4.78, 5) is 14.5. The van der Waals surface area contributed by atoms with Crippen molar-refractivity contribution in [3.63, 3.8) is 0 Å². The summed E-state index contributed by atoms with van der Waals surface area (Å²) in [6.07, 6.45) is 2.65. The van der Waals surface area contributed by atoms with E-state index in [1.807, 2.05) is 23.1 Å². The Morgan fingerprint density at radius 2 is 2.10 bits per heavy atom. The van der Waals surface area contributed by atoms with Gasteiger partial charge < -0.3 is 20.1 Å². The number of para-hydroxylation sites is 1. The molecule has 0 saturated carbocycles. The average molecular weight is 290 g/mol. The smallest absolute Gasteiger partial charge is 0.245 e. The first kappa shape index (κ1) is 14.4. The molecule has 0 aromatic heterocycles. The molecule has 5 nitrogen and oxygen atoms in total. The largest absolute Gasteiger partial charge is 0.394 e. The molecule has 2 N–H and O–H groups in total. The van der Waals surface area contributed by atoms with Crippen LogP contribution in [0.3, 0.4) is 0 Å². The van der Waals surface area contributed by atoms with Gasteiger partial charge in [0.1, 0.15) is 6.04 Å². The van der Waals surface area contributed by atoms with Crippen LogP contribution in [0.1, 0.15) is 18.4 Å². The predicted molar refractivity (Wildman–Crippen MR) is 80.2 cm³/mol. The number of likely N-dealkylation sites (tertiary alicyclic amines) is 1. The zero-order valence-electron chi connectivity index (χ0n) is 12.1. The number of aliphatic hydroxyl groups is 1. The summed E-state index contributed by atoms with van der Waals surface area (Å²) in [6.45, 7) is 1.93. The third-order valence-corrected chi connectivity index (χ3v) is 4.27. The molecular weight excluding hydrogens is 268 g/mol. The predicted octanol–water partition coefficient (Wildman–Crippen LogP) is 1.02. The molecule has 0 bridgehead atoms. The van der Waals surface area contributed by atoms with Crippen molar-refractivity contribution in [2.75, 3.05) is 31.6 Å². The molecule has 0 radical (unpaired) electrons. The topological polar surface area (TPSA) is 61.8 Å². The van der Waals surface area contributed by atoms with E-state index in [2.05, 4.69) is 11.4 Å². The number of fused-ring (bicyclic) bond motifs is 1. The third kappa shape index (κ3) is 3.19. The van der Waals surface area contributed by atoms with E-state index < -0.39 is 0 Å². The molecule has 21 heavy (non-hydrogen) atoms. The fraction of sp³-hybridized carbons (Fsp3) is 0.562. The van der Waals surface area contributed by atoms with Gasteiger partial charge in [0.25, 0.3) is 0 Å². The molecular formula is C16H22N2O3. The molecule has 1 atom stereocenters. The van der Waals surface area contributed by atoms with Crippen molar-refractivity contribution in [3.8, 4) is 0 Å². The van der Waals surface area contributed by atoms with Crippen molar-refractivity contribution in [2.24, 2.45) is 0 Å². The second-order valence-electron chi connectivity index (χ2n) is 5.68. The van der Waals surface area contributed by atoms with Gasteiger partial charge in [-0.3, -0.25) is 4.79 Å². The maximum Gasteiger partial charge on any atom is 0.245 e. The van der Waals surface area contributed by atoms with Crippen molar-refractivity contribution < 1.29 is 14.6 Å². The third-order valence-electron chi connectivity index (χ3n) is 4.27. The number of anilines is 1. The number of rotatable bonds is 4. The summed E-state index contributed by atoms with van der Waals surface area (Å²) in [6, 6.07) is 7.97. The van der Waals surface area contributed by atoms with Crippen LogP contribution < -0.4 is 5.32 Å². The zero-order valence-corrected chi connectivity index (χ0v) is 12.1. The lowest BCUT2D eigenvalue weighted by Crippen LogP contribution is -2.47. The van der Waals surface area contributed by atoms with Crippen LogP contribution in [0.5, 0.6) is 0 Å². The Bertz CT molecular complexity index is 473. The number of hydrogen-bond donors (Lipinski definition) is 2. The Kier molecular flexibility index (Phi) is 4.41. The zero-order chi connectivity index (χ0) is 14.7. The summed E-state index contributed by atoms with van der Waals surface area (Å²) in [5.74, 6) is 0.187. The summed E-state index contributed by atoms with van der Waals surface area (Å²) in [5, 5.41) is 12.1. The number of benzene rings is 1. The van der Waals surface area contributed by atoms with Gasteiger partial charge in [-0.05, 0) is 24.5 Å². The van der Waals surface area contributed by atoms with Gasteiger partial charge in [0.2, 0.25) is 5.91 Å². The minimum atomic E-state index is -0.127. The lowest BCUT2D eigenvalue weighted by atomic mass is 10.0. The maximum absolute atomic E-state index is 12.6. The van der Waals surface area contributed by atoms with E-state index in [0.717, 1.165) is 38.0 Å². The second kappa shape index (κ2) is 6.45. The number of piperidine rings is 1. The van der Waals surface area contributed by atoms with Gasteiger partial charge in [-0.2, -0.15) is 0 Å². The van der Waals surface area contributed by atoms with Crippen LogP contribution >= 0.6 is 0 Å². The number of amides is 1. The van der Waals surface area contributed by atoms with Gasteiger partial charge >= 0.3 is 0 Å². The van der Waals surface area contributed by atoms with Crippen LogP contribution in [0, 0.1) is 0 Å². The van der Waals surface area contributed by atoms with Crippen molar-refractivity contribution in [1.29, 1.82) is 0 Å². The van der Waals surface area contributed by atoms with E-state index in [0.29, 0.717) is 6.61 Å². The number of nitrogens with one attached hydrogen (secondary N) is 1. The summed E-state index contributed by atoms with van der Waals surface area (Å²) < 4.78 is 5.53. The van der Waals surface area contributed by atoms with Crippen molar-refractivity contribution in [1.82, 2.24) is 4.90 Å². The van der Waals surface area contributed by atoms with Crippen LogP contribution in [-0.4, -0.2) is 54.4 Å². The first-order chi connectivity index (χ1) is 10.3. The average Bonchev–Trinajstić information content (AvgIpc) is 2.96. The second-order valence-corrected chi connectivity index (χ2v) is 5.68. The molecule has 2 aliphatic rings. The first-order valence-electron chi connectivity index (χ1n) is 7.63. The van der Waals surface area contributed by atoms with Crippen LogP contribution in [0.25, 0.3) is 0 Å². The van der Waals surface area contributed by atoms with Crippen LogP contribution in [0.4, 0.5) is 5.69 Å². The SMILES string of the molecule is O=C(C1Cc2ccccc2N1)N1CCC(OCCO)CC1. The highest BCUT2D eigenvalue weighted by Crippen LogP contribution is 2.26. The van der Waals surface area contributed by atoms with E-state index in [1.54, 1.807) is 0 Å². The highest BCUT2D eigenvalue weighted by atomic mass is 16.5. The van der Waals surface area contributed by atoms with Crippen LogP contribution in [0.2, 0.25) is 0 Å². The van der Waals surface area contributed by atoms with Crippen LogP contribution in [0.15, 0.2) is 24.3 Å². The molecule has 1 unspecified atom stereocenters. The van der Waals surface area contributed by atoms with Gasteiger partial charge in [0, 0.05) is 25.2 Å². The molecule has 3 rings (SSSR count). The van der Waals surface area contributed by atoms with E-state index in [1.165, 1.54) is 5.56 Å². The Morgan fingerprint density at radius 3 is 2.81 bits per heavy atom. The molecule has 0 spiro atoms. The normalized spacial score (nSPS) is 22.0. The minimum absolute atomic E-state index is 0.0589. The fourth-order valence-electron chi connectivity index (χ4n) is 3.13. The molecule has 5 heteroatoms. The monoisotopic (exact) mass is 290 g/mol. The molecule has 1 aromatic rings. The number of hydrogen-bond acceptors (Lipinski definition) is 4. The Balaban J connectivity index is 1.52. The van der Waals surface area contributed by atoms with Crippen molar-refractivity contribution in [2.45, 2.75) is 31.4 Å². The number of ether oxygens (including phenoxy) is 1. The fourth-order valence-corrected chi connectivity index (χ4v) is 3.13. The van der Waals surface area contributed by atoms with Gasteiger partial charge in [0.05, 0.1) is 19.3 Å². The van der Waals surface area contributed by atoms with Crippen LogP contribution in [-0.2, 0) is 16.0 Å². The Morgan fingerprint density at radius 1 is 1.33 bits per heavy atom. The molecule has 0 aliphatic carbocycles. The van der Waals surface area contributed by atoms with E-state index in [4.69, 9.17) is 9.84 Å². The summed E-state index contributed by atoms with van der Waals surface area (Å²) in [5.41, 5.74) is 2.30. The van der Waals surface area contributed by atoms with Gasteiger partial charge in [-0.25, -0.2) is 0 Å².